The summed E-state index contributed by atoms with van der Waals surface area (Å²) in [7, 11) is 0. The van der Waals surface area contributed by atoms with Gasteiger partial charge in [0, 0.05) is 0 Å². The Labute approximate surface area is 122 Å². The van der Waals surface area contributed by atoms with Crippen molar-refractivity contribution in [2.75, 3.05) is 18.4 Å². The van der Waals surface area contributed by atoms with Gasteiger partial charge in [0.05, 0.1) is 17.9 Å². The van der Waals surface area contributed by atoms with Crippen LogP contribution >= 0.6 is 0 Å². The van der Waals surface area contributed by atoms with Crippen LogP contribution in [0.15, 0.2) is 0 Å². The summed E-state index contributed by atoms with van der Waals surface area (Å²) >= 11 is 0. The molecule has 1 rings (SSSR count). The molecule has 21 heavy (non-hydrogen) atoms. The van der Waals surface area contributed by atoms with Crippen LogP contribution in [0.3, 0.4) is 0 Å². The van der Waals surface area contributed by atoms with Gasteiger partial charge in [-0.2, -0.15) is 0 Å². The second-order valence-corrected chi connectivity index (χ2v) is 4.12. The monoisotopic (exact) mass is 291 g/mol. The van der Waals surface area contributed by atoms with Crippen molar-refractivity contribution >= 4 is 17.9 Å². The van der Waals surface area contributed by atoms with E-state index in [9.17, 15) is 9.59 Å². The zero-order chi connectivity index (χ0) is 15.8. The van der Waals surface area contributed by atoms with Crippen LogP contribution in [0.5, 0.6) is 0 Å². The quantitative estimate of drug-likeness (QED) is 0.741. The van der Waals surface area contributed by atoms with Gasteiger partial charge in [0.1, 0.15) is 6.54 Å². The van der Waals surface area contributed by atoms with Crippen LogP contribution < -0.4 is 5.32 Å². The molecule has 8 heteroatoms. The summed E-state index contributed by atoms with van der Waals surface area (Å²) in [6.45, 7) is 3.23. The van der Waals surface area contributed by atoms with Crippen molar-refractivity contribution in [1.82, 2.24) is 20.1 Å². The molecule has 2 amide bonds. The smallest absolute Gasteiger partial charge is 0.325 e. The Balaban J connectivity index is 2.85. The van der Waals surface area contributed by atoms with E-state index in [0.29, 0.717) is 12.8 Å². The Kier molecular flexibility index (Phi) is 6.07. The number of hydrogen-bond donors (Lipinski definition) is 2. The summed E-state index contributed by atoms with van der Waals surface area (Å²) in [5.41, 5.74) is 1.51. The fourth-order valence-electron chi connectivity index (χ4n) is 1.64. The topological polar surface area (TPSA) is 108 Å². The summed E-state index contributed by atoms with van der Waals surface area (Å²) < 4.78 is 0. The average molecular weight is 291 g/mol. The molecule has 2 N–H and O–H groups in total. The van der Waals surface area contributed by atoms with E-state index in [1.54, 1.807) is 0 Å². The number of hydrogen-bond acceptors (Lipinski definition) is 5. The number of aryl methyl sites for hydroxylation is 2. The van der Waals surface area contributed by atoms with Crippen LogP contribution in [-0.4, -0.2) is 50.3 Å². The van der Waals surface area contributed by atoms with Crippen LogP contribution in [0, 0.1) is 12.3 Å². The van der Waals surface area contributed by atoms with Crippen LogP contribution in [0.4, 0.5) is 10.7 Å². The van der Waals surface area contributed by atoms with Crippen molar-refractivity contribution in [2.24, 2.45) is 0 Å². The first kappa shape index (κ1) is 16.4. The predicted octanol–water partition coefficient (Wildman–Crippen LogP) is 0.548. The lowest BCUT2D eigenvalue weighted by Gasteiger charge is -2.17. The second kappa shape index (κ2) is 7.79. The van der Waals surface area contributed by atoms with Gasteiger partial charge in [-0.1, -0.05) is 19.8 Å². The third kappa shape index (κ3) is 4.72. The number of amides is 2. The summed E-state index contributed by atoms with van der Waals surface area (Å²) in [4.78, 5) is 27.8. The molecule has 1 heterocycles. The van der Waals surface area contributed by atoms with Gasteiger partial charge in [0.2, 0.25) is 0 Å². The van der Waals surface area contributed by atoms with E-state index >= 15 is 0 Å². The molecule has 0 radical (unpaired) electrons. The number of terminal acetylenes is 1. The number of carboxylic acids is 1. The normalized spacial score (nSPS) is 9.76. The minimum atomic E-state index is -1.16. The summed E-state index contributed by atoms with van der Waals surface area (Å²) in [6, 6.07) is -0.677. The lowest BCUT2D eigenvalue weighted by molar-refractivity contribution is -0.137. The first-order chi connectivity index (χ1) is 10.0. The number of nitrogens with one attached hydrogen (secondary N) is 1. The molecule has 0 aliphatic heterocycles. The molecule has 0 aliphatic carbocycles. The van der Waals surface area contributed by atoms with Crippen molar-refractivity contribution < 1.29 is 14.7 Å². The van der Waals surface area contributed by atoms with Gasteiger partial charge >= 0.3 is 12.0 Å². The summed E-state index contributed by atoms with van der Waals surface area (Å²) in [5, 5.41) is 18.9. The Hall–Kier alpha value is -2.69. The molecule has 0 fully saturated rings. The van der Waals surface area contributed by atoms with E-state index in [1.807, 2.05) is 13.8 Å². The van der Waals surface area contributed by atoms with Gasteiger partial charge in [-0.25, -0.2) is 9.78 Å². The molecule has 0 aromatic carbocycles. The van der Waals surface area contributed by atoms with E-state index in [-0.39, 0.29) is 12.5 Å². The zero-order valence-electron chi connectivity index (χ0n) is 12.0. The largest absolute Gasteiger partial charge is 0.480 e. The molecule has 112 valence electrons. The zero-order valence-corrected chi connectivity index (χ0v) is 12.0. The van der Waals surface area contributed by atoms with Crippen molar-refractivity contribution in [2.45, 2.75) is 26.7 Å². The molecule has 0 saturated heterocycles. The van der Waals surface area contributed by atoms with Gasteiger partial charge in [-0.15, -0.1) is 16.6 Å². The van der Waals surface area contributed by atoms with Crippen molar-refractivity contribution in [3.05, 3.63) is 11.4 Å². The Morgan fingerprint density at radius 1 is 1.29 bits per heavy atom. The van der Waals surface area contributed by atoms with Gasteiger partial charge in [-0.05, 0) is 12.8 Å². The second-order valence-electron chi connectivity index (χ2n) is 4.12. The number of anilines is 1. The number of urea groups is 1. The van der Waals surface area contributed by atoms with Gasteiger partial charge in [0.15, 0.2) is 0 Å². The number of carboxylic acid groups (broad SMARTS) is 1. The highest BCUT2D eigenvalue weighted by molar-refractivity contribution is 5.89. The number of aliphatic carboxylic acids is 1. The minimum Gasteiger partial charge on any atom is -0.480 e. The molecule has 1 aromatic rings. The average Bonchev–Trinajstić information content (AvgIpc) is 2.46. The SMILES string of the molecule is C#CCN(CC(=O)O)C(=O)Nc1nnc(CC)c(CC)n1. The van der Waals surface area contributed by atoms with Crippen molar-refractivity contribution in [3.63, 3.8) is 0 Å². The number of carbonyl (C=O) groups is 2. The van der Waals surface area contributed by atoms with Crippen molar-refractivity contribution in [1.29, 1.82) is 0 Å². The standard InChI is InChI=1S/C13H17N5O3/c1-4-7-18(8-11(19)20)13(21)15-12-14-9(5-2)10(6-3)16-17-12/h1H,5-8H2,2-3H3,(H,19,20)(H,14,15,17,21). The fourth-order valence-corrected chi connectivity index (χ4v) is 1.64. The lowest BCUT2D eigenvalue weighted by atomic mass is 10.2. The summed E-state index contributed by atoms with van der Waals surface area (Å²) in [5.74, 6) is 1.10. The van der Waals surface area contributed by atoms with E-state index < -0.39 is 18.5 Å². The molecular formula is C13H17N5O3. The molecule has 0 atom stereocenters. The maximum atomic E-state index is 11.9. The van der Waals surface area contributed by atoms with Crippen molar-refractivity contribution in [3.8, 4) is 12.3 Å². The maximum absolute atomic E-state index is 11.9. The highest BCUT2D eigenvalue weighted by Crippen LogP contribution is 2.07. The molecule has 0 bridgehead atoms. The third-order valence-corrected chi connectivity index (χ3v) is 2.62. The molecule has 0 spiro atoms. The lowest BCUT2D eigenvalue weighted by Crippen LogP contribution is -2.39. The van der Waals surface area contributed by atoms with Gasteiger partial charge < -0.3 is 10.0 Å². The predicted molar refractivity (Wildman–Crippen MR) is 75.6 cm³/mol. The maximum Gasteiger partial charge on any atom is 0.325 e. The first-order valence-electron chi connectivity index (χ1n) is 6.45. The van der Waals surface area contributed by atoms with E-state index in [0.717, 1.165) is 16.3 Å². The molecule has 0 saturated carbocycles. The Morgan fingerprint density at radius 2 is 1.95 bits per heavy atom. The molecule has 0 aliphatic rings. The molecule has 1 aromatic heterocycles. The Morgan fingerprint density at radius 3 is 2.48 bits per heavy atom. The molecular weight excluding hydrogens is 274 g/mol. The van der Waals surface area contributed by atoms with E-state index in [4.69, 9.17) is 11.5 Å². The van der Waals surface area contributed by atoms with Crippen LogP contribution in [-0.2, 0) is 17.6 Å². The molecule has 0 unspecified atom stereocenters. The highest BCUT2D eigenvalue weighted by atomic mass is 16.4. The van der Waals surface area contributed by atoms with Crippen LogP contribution in [0.25, 0.3) is 0 Å². The fraction of sp³-hybridized carbons (Fsp3) is 0.462. The van der Waals surface area contributed by atoms with Crippen LogP contribution in [0.1, 0.15) is 25.2 Å². The number of carbonyl (C=O) groups excluding carboxylic acids is 1. The van der Waals surface area contributed by atoms with Gasteiger partial charge in [0.25, 0.3) is 5.95 Å². The summed E-state index contributed by atoms with van der Waals surface area (Å²) in [6.07, 6.45) is 6.46. The van der Waals surface area contributed by atoms with Gasteiger partial charge in [-0.3, -0.25) is 10.1 Å². The highest BCUT2D eigenvalue weighted by Gasteiger charge is 2.17. The first-order valence-corrected chi connectivity index (χ1v) is 6.45. The van der Waals surface area contributed by atoms with Crippen LogP contribution in [0.2, 0.25) is 0 Å². The van der Waals surface area contributed by atoms with E-state index in [2.05, 4.69) is 26.4 Å². The number of nitrogens with zero attached hydrogens (tertiary/aromatic N) is 4. The number of aromatic nitrogens is 3. The Bertz CT molecular complexity index is 567. The van der Waals surface area contributed by atoms with E-state index in [1.165, 1.54) is 0 Å². The number of rotatable bonds is 6. The minimum absolute atomic E-state index is 0.0291. The third-order valence-electron chi connectivity index (χ3n) is 2.62. The molecule has 8 nitrogen and oxygen atoms in total.